The second-order valence-corrected chi connectivity index (χ2v) is 9.37. The molecule has 3 heterocycles. The van der Waals surface area contributed by atoms with Gasteiger partial charge in [-0.2, -0.15) is 5.10 Å². The van der Waals surface area contributed by atoms with Crippen molar-refractivity contribution in [2.24, 2.45) is 0 Å². The fourth-order valence-corrected chi connectivity index (χ4v) is 4.61. The number of aromatic nitrogens is 5. The molecule has 1 unspecified atom stereocenters. The quantitative estimate of drug-likeness (QED) is 0.538. The van der Waals surface area contributed by atoms with Crippen LogP contribution in [-0.2, 0) is 11.3 Å². The molecular weight excluding hydrogens is 410 g/mol. The Hall–Kier alpha value is -2.65. The molecule has 1 aliphatic heterocycles. The molecule has 0 saturated carbocycles. The van der Waals surface area contributed by atoms with E-state index in [1.165, 1.54) is 24.6 Å². The summed E-state index contributed by atoms with van der Waals surface area (Å²) < 4.78 is 3.88. The van der Waals surface area contributed by atoms with Crippen LogP contribution in [0.15, 0.2) is 47.8 Å². The largest absolute Gasteiger partial charge is 0.310 e. The Balaban J connectivity index is 1.53. The Morgan fingerprint density at radius 2 is 1.84 bits per heavy atom. The summed E-state index contributed by atoms with van der Waals surface area (Å²) in [6.45, 7) is 8.89. The molecule has 31 heavy (non-hydrogen) atoms. The molecule has 0 bridgehead atoms. The highest BCUT2D eigenvalue weighted by Gasteiger charge is 2.23. The molecule has 2 aromatic heterocycles. The van der Waals surface area contributed by atoms with E-state index in [4.69, 9.17) is 0 Å². The van der Waals surface area contributed by atoms with E-state index in [2.05, 4.69) is 30.1 Å². The fraction of sp³-hybridized carbons (Fsp3) is 0.455. The third-order valence-electron chi connectivity index (χ3n) is 5.34. The lowest BCUT2D eigenvalue weighted by Gasteiger charge is -2.17. The Bertz CT molecular complexity index is 1010. The molecule has 1 aromatic carbocycles. The third kappa shape index (κ3) is 4.99. The van der Waals surface area contributed by atoms with Crippen LogP contribution in [0, 0.1) is 0 Å². The van der Waals surface area contributed by atoms with Gasteiger partial charge in [0.05, 0.1) is 18.0 Å². The van der Waals surface area contributed by atoms with Gasteiger partial charge in [0.2, 0.25) is 5.91 Å². The lowest BCUT2D eigenvalue weighted by Crippen LogP contribution is -2.25. The first kappa shape index (κ1) is 21.6. The topological polar surface area (TPSA) is 80.9 Å². The first-order chi connectivity index (χ1) is 15.0. The lowest BCUT2D eigenvalue weighted by atomic mass is 10.3. The van der Waals surface area contributed by atoms with Crippen LogP contribution in [0.3, 0.4) is 0 Å². The number of hydrogen-bond acceptors (Lipinski definition) is 6. The summed E-state index contributed by atoms with van der Waals surface area (Å²) in [5.74, 6) is 1.52. The van der Waals surface area contributed by atoms with Crippen molar-refractivity contribution in [3.05, 3.63) is 48.4 Å². The van der Waals surface area contributed by atoms with Gasteiger partial charge in [-0.05, 0) is 58.8 Å². The number of nitrogens with one attached hydrogen (secondary N) is 1. The number of carbonyl (C=O) groups is 1. The highest BCUT2D eigenvalue weighted by atomic mass is 32.2. The number of benzene rings is 1. The number of amides is 1. The first-order valence-electron chi connectivity index (χ1n) is 10.8. The minimum atomic E-state index is -0.346. The molecule has 164 valence electrons. The monoisotopic (exact) mass is 439 g/mol. The molecule has 0 radical (unpaired) electrons. The molecule has 1 aliphatic rings. The van der Waals surface area contributed by atoms with E-state index in [0.717, 1.165) is 36.3 Å². The van der Waals surface area contributed by atoms with Crippen molar-refractivity contribution in [1.82, 2.24) is 29.4 Å². The van der Waals surface area contributed by atoms with Crippen molar-refractivity contribution in [3.63, 3.8) is 0 Å². The number of likely N-dealkylation sites (tertiary alicyclic amines) is 1. The SMILES string of the molecule is CC(Sc1nnc(CN2CCCC2)n1-c1ccccc1)C(=O)Nc1ccnn1C(C)C. The number of carbonyl (C=O) groups excluding carboxylic acids is 1. The van der Waals surface area contributed by atoms with Crippen molar-refractivity contribution in [1.29, 1.82) is 0 Å². The highest BCUT2D eigenvalue weighted by Crippen LogP contribution is 2.27. The lowest BCUT2D eigenvalue weighted by molar-refractivity contribution is -0.115. The van der Waals surface area contributed by atoms with E-state index in [0.29, 0.717) is 5.82 Å². The standard InChI is InChI=1S/C22H29N7OS/c1-16(2)29-19(11-12-23-29)24-21(30)17(3)31-22-26-25-20(15-27-13-7-8-14-27)28(22)18-9-5-4-6-10-18/h4-6,9-12,16-17H,7-8,13-15H2,1-3H3,(H,24,30). The van der Waals surface area contributed by atoms with Crippen LogP contribution in [0.2, 0.25) is 0 Å². The molecule has 4 rings (SSSR count). The van der Waals surface area contributed by atoms with Crippen molar-refractivity contribution >= 4 is 23.5 Å². The molecule has 0 aliphatic carbocycles. The summed E-state index contributed by atoms with van der Waals surface area (Å²) in [4.78, 5) is 15.3. The predicted molar refractivity (Wildman–Crippen MR) is 122 cm³/mol. The molecule has 1 atom stereocenters. The Labute approximate surface area is 187 Å². The van der Waals surface area contributed by atoms with Gasteiger partial charge in [-0.25, -0.2) is 4.68 Å². The minimum Gasteiger partial charge on any atom is -0.310 e. The summed E-state index contributed by atoms with van der Waals surface area (Å²) in [6.07, 6.45) is 4.15. The number of rotatable bonds is 8. The Kier molecular flexibility index (Phi) is 6.72. The average molecular weight is 440 g/mol. The molecule has 1 amide bonds. The molecule has 1 saturated heterocycles. The number of nitrogens with zero attached hydrogens (tertiary/aromatic N) is 6. The van der Waals surface area contributed by atoms with Crippen molar-refractivity contribution in [2.45, 2.75) is 56.6 Å². The fourth-order valence-electron chi connectivity index (χ4n) is 3.72. The maximum Gasteiger partial charge on any atom is 0.238 e. The summed E-state index contributed by atoms with van der Waals surface area (Å²) in [5.41, 5.74) is 1.01. The molecule has 1 fully saturated rings. The first-order valence-corrected chi connectivity index (χ1v) is 11.6. The molecule has 8 nitrogen and oxygen atoms in total. The number of thioether (sulfide) groups is 1. The smallest absolute Gasteiger partial charge is 0.238 e. The van der Waals surface area contributed by atoms with E-state index in [-0.39, 0.29) is 17.2 Å². The van der Waals surface area contributed by atoms with Gasteiger partial charge in [0.1, 0.15) is 5.82 Å². The van der Waals surface area contributed by atoms with Crippen LogP contribution in [0.25, 0.3) is 5.69 Å². The maximum absolute atomic E-state index is 12.9. The van der Waals surface area contributed by atoms with Crippen LogP contribution in [0.4, 0.5) is 5.82 Å². The van der Waals surface area contributed by atoms with E-state index in [1.807, 2.05) is 57.2 Å². The Morgan fingerprint density at radius 1 is 1.10 bits per heavy atom. The third-order valence-corrected chi connectivity index (χ3v) is 6.38. The van der Waals surface area contributed by atoms with Gasteiger partial charge in [-0.15, -0.1) is 10.2 Å². The summed E-state index contributed by atoms with van der Waals surface area (Å²) in [6, 6.07) is 12.1. The summed E-state index contributed by atoms with van der Waals surface area (Å²) >= 11 is 1.42. The molecule has 0 spiro atoms. The minimum absolute atomic E-state index is 0.0869. The van der Waals surface area contributed by atoms with Gasteiger partial charge in [0.25, 0.3) is 0 Å². The maximum atomic E-state index is 12.9. The zero-order valence-electron chi connectivity index (χ0n) is 18.2. The number of para-hydroxylation sites is 1. The van der Waals surface area contributed by atoms with Crippen LogP contribution in [0.5, 0.6) is 0 Å². The second-order valence-electron chi connectivity index (χ2n) is 8.06. The van der Waals surface area contributed by atoms with Gasteiger partial charge < -0.3 is 5.32 Å². The molecule has 3 aromatic rings. The molecule has 1 N–H and O–H groups in total. The van der Waals surface area contributed by atoms with Gasteiger partial charge in [0.15, 0.2) is 11.0 Å². The normalized spacial score (nSPS) is 15.5. The van der Waals surface area contributed by atoms with Gasteiger partial charge in [0, 0.05) is 17.8 Å². The second kappa shape index (κ2) is 9.65. The van der Waals surface area contributed by atoms with E-state index >= 15 is 0 Å². The van der Waals surface area contributed by atoms with Crippen LogP contribution in [0.1, 0.15) is 45.5 Å². The van der Waals surface area contributed by atoms with Crippen LogP contribution >= 0.6 is 11.8 Å². The van der Waals surface area contributed by atoms with E-state index in [1.54, 1.807) is 10.9 Å². The Morgan fingerprint density at radius 3 is 2.55 bits per heavy atom. The molecular formula is C22H29N7OS. The average Bonchev–Trinajstić information content (AvgIpc) is 3.51. The van der Waals surface area contributed by atoms with Gasteiger partial charge in [-0.3, -0.25) is 14.3 Å². The van der Waals surface area contributed by atoms with Crippen molar-refractivity contribution in [2.75, 3.05) is 18.4 Å². The van der Waals surface area contributed by atoms with Crippen molar-refractivity contribution < 1.29 is 4.79 Å². The van der Waals surface area contributed by atoms with Crippen LogP contribution in [-0.4, -0.2) is 53.7 Å². The van der Waals surface area contributed by atoms with Gasteiger partial charge in [-0.1, -0.05) is 30.0 Å². The van der Waals surface area contributed by atoms with Crippen molar-refractivity contribution in [3.8, 4) is 5.69 Å². The number of anilines is 1. The van der Waals surface area contributed by atoms with E-state index in [9.17, 15) is 4.79 Å². The zero-order chi connectivity index (χ0) is 21.8. The number of hydrogen-bond donors (Lipinski definition) is 1. The summed E-state index contributed by atoms with van der Waals surface area (Å²) in [7, 11) is 0. The molecule has 9 heteroatoms. The van der Waals surface area contributed by atoms with Gasteiger partial charge >= 0.3 is 0 Å². The predicted octanol–water partition coefficient (Wildman–Crippen LogP) is 3.76. The highest BCUT2D eigenvalue weighted by molar-refractivity contribution is 8.00. The van der Waals surface area contributed by atoms with E-state index < -0.39 is 0 Å². The van der Waals surface area contributed by atoms with Crippen LogP contribution < -0.4 is 5.32 Å². The summed E-state index contributed by atoms with van der Waals surface area (Å²) in [5, 5.41) is 16.6. The zero-order valence-corrected chi connectivity index (χ0v) is 19.0.